The maximum Gasteiger partial charge on any atom is 0.132 e. The number of rotatable bonds is 4. The van der Waals surface area contributed by atoms with Crippen LogP contribution in [0.1, 0.15) is 23.6 Å². The Labute approximate surface area is 120 Å². The van der Waals surface area contributed by atoms with E-state index in [4.69, 9.17) is 10.5 Å². The minimum absolute atomic E-state index is 0.239. The molecule has 104 valence electrons. The van der Waals surface area contributed by atoms with Crippen LogP contribution in [0.25, 0.3) is 0 Å². The lowest BCUT2D eigenvalue weighted by Crippen LogP contribution is -2.29. The van der Waals surface area contributed by atoms with Crippen LogP contribution in [-0.2, 0) is 0 Å². The first-order valence-corrected chi connectivity index (χ1v) is 7.07. The fourth-order valence-electron chi connectivity index (χ4n) is 2.83. The zero-order valence-electron chi connectivity index (χ0n) is 11.8. The molecule has 0 bridgehead atoms. The third kappa shape index (κ3) is 2.30. The van der Waals surface area contributed by atoms with Gasteiger partial charge in [0.25, 0.3) is 0 Å². The number of para-hydroxylation sites is 2. The third-order valence-corrected chi connectivity index (χ3v) is 3.80. The van der Waals surface area contributed by atoms with E-state index in [2.05, 4.69) is 36.2 Å². The van der Waals surface area contributed by atoms with Gasteiger partial charge in [0.05, 0.1) is 6.04 Å². The maximum absolute atomic E-state index is 6.01. The third-order valence-electron chi connectivity index (χ3n) is 3.80. The molecule has 0 saturated carbocycles. The molecule has 20 heavy (non-hydrogen) atoms. The average molecular weight is 268 g/mol. The molecular formula is C17H20N2O. The Morgan fingerprint density at radius 2 is 1.55 bits per heavy atom. The van der Waals surface area contributed by atoms with Crippen LogP contribution in [0.2, 0.25) is 0 Å². The lowest BCUT2D eigenvalue weighted by molar-refractivity contribution is 0.258. The summed E-state index contributed by atoms with van der Waals surface area (Å²) in [5.74, 6) is 1.91. The molecule has 0 unspecified atom stereocenters. The van der Waals surface area contributed by atoms with Gasteiger partial charge in [-0.15, -0.1) is 0 Å². The predicted molar refractivity (Wildman–Crippen MR) is 81.1 cm³/mol. The molecule has 3 rings (SSSR count). The summed E-state index contributed by atoms with van der Waals surface area (Å²) in [5, 5.41) is 0. The maximum atomic E-state index is 6.01. The Morgan fingerprint density at radius 1 is 1.00 bits per heavy atom. The van der Waals surface area contributed by atoms with Crippen molar-refractivity contribution in [2.45, 2.75) is 12.5 Å². The van der Waals surface area contributed by atoms with Crippen LogP contribution in [0.3, 0.4) is 0 Å². The second-order valence-electron chi connectivity index (χ2n) is 5.20. The van der Waals surface area contributed by atoms with Gasteiger partial charge in [-0.25, -0.2) is 0 Å². The normalized spacial score (nSPS) is 13.8. The summed E-state index contributed by atoms with van der Waals surface area (Å²) in [6, 6.07) is 16.8. The number of nitrogens with zero attached hydrogens (tertiary/aromatic N) is 1. The van der Waals surface area contributed by atoms with Crippen LogP contribution in [0.15, 0.2) is 48.5 Å². The van der Waals surface area contributed by atoms with Crippen molar-refractivity contribution < 1.29 is 4.74 Å². The molecule has 2 aromatic rings. The van der Waals surface area contributed by atoms with E-state index in [1.165, 1.54) is 11.1 Å². The van der Waals surface area contributed by atoms with Crippen LogP contribution >= 0.6 is 0 Å². The van der Waals surface area contributed by atoms with Crippen LogP contribution in [-0.4, -0.2) is 25.0 Å². The van der Waals surface area contributed by atoms with Gasteiger partial charge < -0.3 is 10.5 Å². The summed E-state index contributed by atoms with van der Waals surface area (Å²) in [5.41, 5.74) is 8.10. The van der Waals surface area contributed by atoms with E-state index < -0.39 is 0 Å². The molecule has 1 aliphatic rings. The Morgan fingerprint density at radius 3 is 2.10 bits per heavy atom. The van der Waals surface area contributed by atoms with E-state index in [1.807, 2.05) is 24.3 Å². The molecule has 2 aromatic carbocycles. The average Bonchev–Trinajstić information content (AvgIpc) is 2.50. The first kappa shape index (κ1) is 13.2. The lowest BCUT2D eigenvalue weighted by atomic mass is 9.93. The van der Waals surface area contributed by atoms with E-state index >= 15 is 0 Å². The molecule has 1 aliphatic heterocycles. The second-order valence-corrected chi connectivity index (χ2v) is 5.20. The summed E-state index contributed by atoms with van der Waals surface area (Å²) in [4.78, 5) is 2.35. The number of hydrogen-bond donors (Lipinski definition) is 1. The Bertz CT molecular complexity index is 552. The van der Waals surface area contributed by atoms with Crippen molar-refractivity contribution in [3.63, 3.8) is 0 Å². The Kier molecular flexibility index (Phi) is 3.72. The largest absolute Gasteiger partial charge is 0.457 e. The van der Waals surface area contributed by atoms with Crippen LogP contribution in [0, 0.1) is 0 Å². The van der Waals surface area contributed by atoms with Gasteiger partial charge in [0.15, 0.2) is 0 Å². The predicted octanol–water partition coefficient (Wildman–Crippen LogP) is 3.16. The van der Waals surface area contributed by atoms with Gasteiger partial charge in [0, 0.05) is 11.1 Å². The lowest BCUT2D eigenvalue weighted by Gasteiger charge is -2.34. The fourth-order valence-corrected chi connectivity index (χ4v) is 2.83. The smallest absolute Gasteiger partial charge is 0.132 e. The first-order valence-electron chi connectivity index (χ1n) is 7.07. The van der Waals surface area contributed by atoms with Crippen molar-refractivity contribution in [2.24, 2.45) is 5.73 Å². The highest BCUT2D eigenvalue weighted by Gasteiger charge is 2.29. The topological polar surface area (TPSA) is 38.5 Å². The molecule has 0 amide bonds. The van der Waals surface area contributed by atoms with E-state index in [0.717, 1.165) is 31.0 Å². The van der Waals surface area contributed by atoms with E-state index in [-0.39, 0.29) is 6.04 Å². The van der Waals surface area contributed by atoms with Crippen LogP contribution in [0.4, 0.5) is 0 Å². The standard InChI is InChI=1S/C17H20N2O/c1-19(12-6-11-18)17-13-7-2-4-9-15(13)20-16-10-5-3-8-14(16)17/h2-5,7-10,17H,6,11-12,18H2,1H3. The summed E-state index contributed by atoms with van der Waals surface area (Å²) in [7, 11) is 2.15. The number of benzene rings is 2. The van der Waals surface area contributed by atoms with Gasteiger partial charge in [-0.05, 0) is 38.7 Å². The molecular weight excluding hydrogens is 248 g/mol. The van der Waals surface area contributed by atoms with Crippen molar-refractivity contribution in [1.82, 2.24) is 4.90 Å². The molecule has 2 N–H and O–H groups in total. The van der Waals surface area contributed by atoms with Gasteiger partial charge in [0.1, 0.15) is 11.5 Å². The van der Waals surface area contributed by atoms with Crippen molar-refractivity contribution in [3.05, 3.63) is 59.7 Å². The number of ether oxygens (including phenoxy) is 1. The molecule has 0 atom stereocenters. The van der Waals surface area contributed by atoms with Crippen molar-refractivity contribution in [2.75, 3.05) is 20.1 Å². The highest BCUT2D eigenvalue weighted by atomic mass is 16.5. The van der Waals surface area contributed by atoms with Crippen LogP contribution in [0.5, 0.6) is 11.5 Å². The second kappa shape index (κ2) is 5.65. The molecule has 0 aromatic heterocycles. The first-order chi connectivity index (χ1) is 9.81. The van der Waals surface area contributed by atoms with Gasteiger partial charge in [-0.3, -0.25) is 4.90 Å². The molecule has 3 heteroatoms. The molecule has 0 fully saturated rings. The number of fused-ring (bicyclic) bond motifs is 2. The van der Waals surface area contributed by atoms with Gasteiger partial charge in [-0.1, -0.05) is 36.4 Å². The van der Waals surface area contributed by atoms with E-state index in [1.54, 1.807) is 0 Å². The fraction of sp³-hybridized carbons (Fsp3) is 0.294. The van der Waals surface area contributed by atoms with Gasteiger partial charge in [-0.2, -0.15) is 0 Å². The molecule has 0 aliphatic carbocycles. The zero-order chi connectivity index (χ0) is 13.9. The number of hydrogen-bond acceptors (Lipinski definition) is 3. The SMILES string of the molecule is CN(CCCN)C1c2ccccc2Oc2ccccc21. The van der Waals surface area contributed by atoms with Crippen molar-refractivity contribution >= 4 is 0 Å². The summed E-state index contributed by atoms with van der Waals surface area (Å²) >= 11 is 0. The van der Waals surface area contributed by atoms with Crippen LogP contribution < -0.4 is 10.5 Å². The van der Waals surface area contributed by atoms with Crippen molar-refractivity contribution in [3.8, 4) is 11.5 Å². The van der Waals surface area contributed by atoms with E-state index in [0.29, 0.717) is 0 Å². The summed E-state index contributed by atoms with van der Waals surface area (Å²) < 4.78 is 6.01. The quantitative estimate of drug-likeness (QED) is 0.925. The van der Waals surface area contributed by atoms with Crippen molar-refractivity contribution in [1.29, 1.82) is 0 Å². The summed E-state index contributed by atoms with van der Waals surface area (Å²) in [6.07, 6.45) is 0.998. The zero-order valence-corrected chi connectivity index (χ0v) is 11.8. The molecule has 3 nitrogen and oxygen atoms in total. The minimum Gasteiger partial charge on any atom is -0.457 e. The Balaban J connectivity index is 2.03. The number of nitrogens with two attached hydrogens (primary N) is 1. The molecule has 0 spiro atoms. The van der Waals surface area contributed by atoms with Gasteiger partial charge >= 0.3 is 0 Å². The monoisotopic (exact) mass is 268 g/mol. The van der Waals surface area contributed by atoms with Gasteiger partial charge in [0.2, 0.25) is 0 Å². The molecule has 1 heterocycles. The molecule has 0 saturated heterocycles. The van der Waals surface area contributed by atoms with E-state index in [9.17, 15) is 0 Å². The Hall–Kier alpha value is -1.84. The molecule has 0 radical (unpaired) electrons. The highest BCUT2D eigenvalue weighted by Crippen LogP contribution is 2.44. The highest BCUT2D eigenvalue weighted by molar-refractivity contribution is 5.52. The summed E-state index contributed by atoms with van der Waals surface area (Å²) in [6.45, 7) is 1.70. The minimum atomic E-state index is 0.239.